The lowest BCUT2D eigenvalue weighted by Gasteiger charge is -2.24. The quantitative estimate of drug-likeness (QED) is 0.0630. The fourth-order valence-corrected chi connectivity index (χ4v) is 4.10. The molecule has 8 nitrogen and oxygen atoms in total. The summed E-state index contributed by atoms with van der Waals surface area (Å²) < 4.78 is 5.30. The molecule has 0 aromatic heterocycles. The lowest BCUT2D eigenvalue weighted by atomic mass is 10.0. The summed E-state index contributed by atoms with van der Waals surface area (Å²) in [5.41, 5.74) is 0.240. The van der Waals surface area contributed by atoms with Crippen molar-refractivity contribution < 1.29 is 24.4 Å². The molecule has 1 rings (SSSR count). The molecular weight excluding hydrogens is 484 g/mol. The van der Waals surface area contributed by atoms with E-state index >= 15 is 0 Å². The van der Waals surface area contributed by atoms with Crippen LogP contribution in [0.4, 0.5) is 5.69 Å². The SMILES string of the molecule is CCCCCCCCCCCCCCCC(=O)OC[C@H](NC(=O)CCl)[C@H](O)c1ccc([N+](=O)[O-])cc1. The van der Waals surface area contributed by atoms with Crippen molar-refractivity contribution in [1.29, 1.82) is 0 Å². The van der Waals surface area contributed by atoms with Crippen LogP contribution in [0.3, 0.4) is 0 Å². The number of nitrogens with one attached hydrogen (secondary N) is 1. The van der Waals surface area contributed by atoms with Crippen molar-refractivity contribution in [1.82, 2.24) is 5.32 Å². The van der Waals surface area contributed by atoms with Crippen molar-refractivity contribution in [2.45, 2.75) is 109 Å². The number of benzene rings is 1. The summed E-state index contributed by atoms with van der Waals surface area (Å²) in [4.78, 5) is 34.2. The van der Waals surface area contributed by atoms with Gasteiger partial charge in [-0.15, -0.1) is 11.6 Å². The number of aliphatic hydroxyl groups is 1. The highest BCUT2D eigenvalue weighted by atomic mass is 35.5. The maximum atomic E-state index is 12.2. The maximum absolute atomic E-state index is 12.2. The molecule has 1 amide bonds. The largest absolute Gasteiger partial charge is 0.463 e. The Bertz CT molecular complexity index is 759. The van der Waals surface area contributed by atoms with E-state index in [1.54, 1.807) is 0 Å². The highest BCUT2D eigenvalue weighted by Gasteiger charge is 2.25. The number of rotatable bonds is 21. The minimum atomic E-state index is -1.22. The lowest BCUT2D eigenvalue weighted by molar-refractivity contribution is -0.384. The minimum Gasteiger partial charge on any atom is -0.463 e. The Hall–Kier alpha value is -2.19. The third-order valence-corrected chi connectivity index (χ3v) is 6.45. The monoisotopic (exact) mass is 526 g/mol. The second kappa shape index (κ2) is 19.9. The molecule has 0 unspecified atom stereocenters. The molecule has 0 saturated heterocycles. The highest BCUT2D eigenvalue weighted by Crippen LogP contribution is 2.21. The van der Waals surface area contributed by atoms with Crippen LogP contribution in [0.15, 0.2) is 24.3 Å². The van der Waals surface area contributed by atoms with E-state index in [9.17, 15) is 24.8 Å². The second-order valence-electron chi connectivity index (χ2n) is 9.28. The van der Waals surface area contributed by atoms with E-state index in [4.69, 9.17) is 16.3 Å². The van der Waals surface area contributed by atoms with Crippen LogP contribution in [0.25, 0.3) is 0 Å². The van der Waals surface area contributed by atoms with E-state index in [0.29, 0.717) is 5.56 Å². The molecule has 0 aliphatic carbocycles. The van der Waals surface area contributed by atoms with Gasteiger partial charge in [-0.05, 0) is 24.1 Å². The molecule has 1 aromatic rings. The normalized spacial score (nSPS) is 12.6. The van der Waals surface area contributed by atoms with Gasteiger partial charge >= 0.3 is 5.97 Å². The number of halogens is 1. The molecule has 1 aromatic carbocycles. The first-order valence-corrected chi connectivity index (χ1v) is 13.9. The molecule has 2 atom stereocenters. The van der Waals surface area contributed by atoms with Crippen molar-refractivity contribution in [3.05, 3.63) is 39.9 Å². The number of esters is 1. The Morgan fingerprint density at radius 1 is 0.944 bits per heavy atom. The Balaban J connectivity index is 2.26. The van der Waals surface area contributed by atoms with Crippen molar-refractivity contribution in [3.8, 4) is 0 Å². The Labute approximate surface area is 220 Å². The van der Waals surface area contributed by atoms with E-state index in [2.05, 4.69) is 12.2 Å². The first-order valence-electron chi connectivity index (χ1n) is 13.3. The minimum absolute atomic E-state index is 0.114. The van der Waals surface area contributed by atoms with Gasteiger partial charge < -0.3 is 15.2 Å². The van der Waals surface area contributed by atoms with E-state index < -0.39 is 23.0 Å². The van der Waals surface area contributed by atoms with Crippen LogP contribution in [-0.2, 0) is 14.3 Å². The summed E-state index contributed by atoms with van der Waals surface area (Å²) in [7, 11) is 0. The van der Waals surface area contributed by atoms with Crippen LogP contribution >= 0.6 is 11.6 Å². The van der Waals surface area contributed by atoms with Gasteiger partial charge in [-0.3, -0.25) is 19.7 Å². The summed E-state index contributed by atoms with van der Waals surface area (Å²) >= 11 is 5.56. The summed E-state index contributed by atoms with van der Waals surface area (Å²) in [6, 6.07) is 4.41. The van der Waals surface area contributed by atoms with Gasteiger partial charge in [0.1, 0.15) is 18.6 Å². The van der Waals surface area contributed by atoms with Gasteiger partial charge in [0.15, 0.2) is 0 Å². The van der Waals surface area contributed by atoms with E-state index in [0.717, 1.165) is 19.3 Å². The second-order valence-corrected chi connectivity index (χ2v) is 9.54. The van der Waals surface area contributed by atoms with Gasteiger partial charge in [-0.1, -0.05) is 84.0 Å². The molecular formula is C27H43ClN2O6. The topological polar surface area (TPSA) is 119 Å². The average Bonchev–Trinajstić information content (AvgIpc) is 2.88. The van der Waals surface area contributed by atoms with Gasteiger partial charge in [-0.25, -0.2) is 0 Å². The van der Waals surface area contributed by atoms with Crippen LogP contribution in [0.5, 0.6) is 0 Å². The summed E-state index contributed by atoms with van der Waals surface area (Å²) in [6.07, 6.45) is 14.9. The highest BCUT2D eigenvalue weighted by molar-refractivity contribution is 6.27. The predicted molar refractivity (Wildman–Crippen MR) is 142 cm³/mol. The number of nitro benzene ring substituents is 1. The Morgan fingerprint density at radius 3 is 1.92 bits per heavy atom. The molecule has 36 heavy (non-hydrogen) atoms. The number of aliphatic hydroxyl groups excluding tert-OH is 1. The number of unbranched alkanes of at least 4 members (excludes halogenated alkanes) is 12. The van der Waals surface area contributed by atoms with Gasteiger partial charge in [-0.2, -0.15) is 0 Å². The number of amides is 1. The molecule has 0 heterocycles. The van der Waals surface area contributed by atoms with Crippen molar-refractivity contribution in [2.24, 2.45) is 0 Å². The van der Waals surface area contributed by atoms with E-state index in [1.807, 2.05) is 0 Å². The van der Waals surface area contributed by atoms with Crippen LogP contribution in [0, 0.1) is 10.1 Å². The third-order valence-electron chi connectivity index (χ3n) is 6.20. The van der Waals surface area contributed by atoms with Crippen LogP contribution in [-0.4, -0.2) is 40.4 Å². The standard InChI is InChI=1S/C27H43ClN2O6/c1-2-3-4-5-6-7-8-9-10-11-12-13-14-15-26(32)36-21-24(29-25(31)20-28)27(33)22-16-18-23(19-17-22)30(34)35/h16-19,24,27,33H,2-15,20-21H2,1H3,(H,29,31)/t24-,27+/m0/s1. The zero-order valence-electron chi connectivity index (χ0n) is 21.6. The molecule has 0 spiro atoms. The fourth-order valence-electron chi connectivity index (χ4n) is 4.02. The number of hydrogen-bond acceptors (Lipinski definition) is 6. The number of hydrogen-bond donors (Lipinski definition) is 2. The van der Waals surface area contributed by atoms with Crippen LogP contribution in [0.1, 0.15) is 108 Å². The molecule has 2 N–H and O–H groups in total. The molecule has 0 fully saturated rings. The van der Waals surface area contributed by atoms with E-state index in [-0.39, 0.29) is 30.6 Å². The van der Waals surface area contributed by atoms with Crippen molar-refractivity contribution >= 4 is 29.2 Å². The molecule has 0 aliphatic heterocycles. The number of nitro groups is 1. The molecule has 0 saturated carbocycles. The molecule has 204 valence electrons. The Morgan fingerprint density at radius 2 is 1.44 bits per heavy atom. The number of alkyl halides is 1. The van der Waals surface area contributed by atoms with Crippen LogP contribution < -0.4 is 5.32 Å². The maximum Gasteiger partial charge on any atom is 0.305 e. The fraction of sp³-hybridized carbons (Fsp3) is 0.704. The smallest absolute Gasteiger partial charge is 0.305 e. The average molecular weight is 527 g/mol. The lowest BCUT2D eigenvalue weighted by Crippen LogP contribution is -2.43. The van der Waals surface area contributed by atoms with Gasteiger partial charge in [0.2, 0.25) is 5.91 Å². The van der Waals surface area contributed by atoms with Gasteiger partial charge in [0.05, 0.1) is 11.0 Å². The number of nitrogens with zero attached hydrogens (tertiary/aromatic N) is 1. The summed E-state index contributed by atoms with van der Waals surface area (Å²) in [5.74, 6) is -1.22. The van der Waals surface area contributed by atoms with Crippen molar-refractivity contribution in [2.75, 3.05) is 12.5 Å². The zero-order valence-corrected chi connectivity index (χ0v) is 22.3. The number of carbonyl (C=O) groups is 2. The summed E-state index contributed by atoms with van der Waals surface area (Å²) in [6.45, 7) is 2.01. The molecule has 0 aliphatic rings. The zero-order chi connectivity index (χ0) is 26.6. The molecule has 9 heteroatoms. The first-order chi connectivity index (χ1) is 17.4. The van der Waals surface area contributed by atoms with Gasteiger partial charge in [0.25, 0.3) is 5.69 Å². The van der Waals surface area contributed by atoms with Gasteiger partial charge in [0, 0.05) is 18.6 Å². The number of ether oxygens (including phenoxy) is 1. The Kier molecular flexibility index (Phi) is 17.6. The molecule has 0 bridgehead atoms. The van der Waals surface area contributed by atoms with E-state index in [1.165, 1.54) is 88.5 Å². The first kappa shape index (κ1) is 31.8. The predicted octanol–water partition coefficient (Wildman–Crippen LogP) is 6.38. The number of carbonyl (C=O) groups excluding carboxylic acids is 2. The van der Waals surface area contributed by atoms with Crippen LogP contribution in [0.2, 0.25) is 0 Å². The number of non-ortho nitro benzene ring substituents is 1. The van der Waals surface area contributed by atoms with Crippen molar-refractivity contribution in [3.63, 3.8) is 0 Å². The summed E-state index contributed by atoms with van der Waals surface area (Å²) in [5, 5.41) is 24.0. The third kappa shape index (κ3) is 14.4. The molecule has 0 radical (unpaired) electrons.